The first kappa shape index (κ1) is 19.5. The van der Waals surface area contributed by atoms with Gasteiger partial charge < -0.3 is 24.1 Å². The highest BCUT2D eigenvalue weighted by molar-refractivity contribution is 6.05. The second kappa shape index (κ2) is 7.66. The van der Waals surface area contributed by atoms with Crippen LogP contribution >= 0.6 is 0 Å². The maximum atomic E-state index is 13.0. The van der Waals surface area contributed by atoms with Gasteiger partial charge >= 0.3 is 0 Å². The topological polar surface area (TPSA) is 103 Å². The average molecular weight is 421 g/mol. The van der Waals surface area contributed by atoms with Gasteiger partial charge in [0.1, 0.15) is 29.6 Å². The number of fused-ring (bicyclic) bond motifs is 1. The Labute approximate surface area is 179 Å². The fourth-order valence-electron chi connectivity index (χ4n) is 3.90. The lowest BCUT2D eigenvalue weighted by Crippen LogP contribution is -2.36. The summed E-state index contributed by atoms with van der Waals surface area (Å²) in [4.78, 5) is 27.4. The second-order valence-electron chi connectivity index (χ2n) is 8.20. The largest absolute Gasteiger partial charge is 0.487 e. The lowest BCUT2D eigenvalue weighted by molar-refractivity contribution is 0.102. The van der Waals surface area contributed by atoms with Crippen molar-refractivity contribution in [1.29, 1.82) is 0 Å². The fraction of sp³-hybridized carbons (Fsp3) is 0.364. The van der Waals surface area contributed by atoms with Crippen molar-refractivity contribution in [2.75, 3.05) is 36.5 Å². The number of anilines is 2. The van der Waals surface area contributed by atoms with E-state index in [1.54, 1.807) is 12.3 Å². The molecular formula is C22H23N5O4. The molecule has 0 radical (unpaired) electrons. The average Bonchev–Trinajstić information content (AvgIpc) is 3.38. The SMILES string of the molecule is CC1(C)Cc2cc(NC(=O)c3coc(-c4ccncn4)n3)c(N3CCOCC3)cc2O1. The zero-order chi connectivity index (χ0) is 21.4. The van der Waals surface area contributed by atoms with Crippen molar-refractivity contribution in [2.45, 2.75) is 25.9 Å². The van der Waals surface area contributed by atoms with Gasteiger partial charge in [0.2, 0.25) is 5.89 Å². The molecule has 31 heavy (non-hydrogen) atoms. The van der Waals surface area contributed by atoms with E-state index in [0.29, 0.717) is 18.9 Å². The number of aromatic nitrogens is 3. The van der Waals surface area contributed by atoms with Gasteiger partial charge in [0, 0.05) is 37.3 Å². The summed E-state index contributed by atoms with van der Waals surface area (Å²) in [6, 6.07) is 5.69. The molecule has 1 fully saturated rings. The Morgan fingerprint density at radius 1 is 1.23 bits per heavy atom. The summed E-state index contributed by atoms with van der Waals surface area (Å²) in [5, 5.41) is 3.01. The van der Waals surface area contributed by atoms with Crippen LogP contribution in [0.1, 0.15) is 29.9 Å². The van der Waals surface area contributed by atoms with E-state index in [1.165, 1.54) is 12.6 Å². The molecule has 0 saturated carbocycles. The van der Waals surface area contributed by atoms with Crippen molar-refractivity contribution >= 4 is 17.3 Å². The molecule has 0 unspecified atom stereocenters. The molecule has 2 aromatic heterocycles. The van der Waals surface area contributed by atoms with Crippen LogP contribution in [0.5, 0.6) is 5.75 Å². The summed E-state index contributed by atoms with van der Waals surface area (Å²) in [6.45, 7) is 6.89. The van der Waals surface area contributed by atoms with Crippen molar-refractivity contribution < 1.29 is 18.7 Å². The number of hydrogen-bond donors (Lipinski definition) is 1. The monoisotopic (exact) mass is 421 g/mol. The highest BCUT2D eigenvalue weighted by Gasteiger charge is 2.32. The number of ether oxygens (including phenoxy) is 2. The van der Waals surface area contributed by atoms with Crippen molar-refractivity contribution in [3.8, 4) is 17.3 Å². The van der Waals surface area contributed by atoms with Crippen molar-refractivity contribution in [2.24, 2.45) is 0 Å². The normalized spacial score (nSPS) is 17.2. The molecule has 2 aliphatic rings. The van der Waals surface area contributed by atoms with E-state index in [2.05, 4.69) is 39.0 Å². The van der Waals surface area contributed by atoms with Crippen LogP contribution in [0.2, 0.25) is 0 Å². The zero-order valence-electron chi connectivity index (χ0n) is 17.4. The Morgan fingerprint density at radius 2 is 2.06 bits per heavy atom. The zero-order valence-corrected chi connectivity index (χ0v) is 17.4. The van der Waals surface area contributed by atoms with Gasteiger partial charge in [-0.25, -0.2) is 15.0 Å². The third kappa shape index (κ3) is 3.96. The number of oxazole rings is 1. The molecule has 1 saturated heterocycles. The van der Waals surface area contributed by atoms with Gasteiger partial charge in [-0.3, -0.25) is 4.79 Å². The molecule has 0 spiro atoms. The maximum Gasteiger partial charge on any atom is 0.277 e. The smallest absolute Gasteiger partial charge is 0.277 e. The minimum absolute atomic E-state index is 0.179. The number of hydrogen-bond acceptors (Lipinski definition) is 8. The predicted molar refractivity (Wildman–Crippen MR) is 113 cm³/mol. The lowest BCUT2D eigenvalue weighted by atomic mass is 10.0. The molecule has 1 N–H and O–H groups in total. The Balaban J connectivity index is 1.44. The van der Waals surface area contributed by atoms with Crippen molar-refractivity contribution in [1.82, 2.24) is 15.0 Å². The molecule has 2 aliphatic heterocycles. The summed E-state index contributed by atoms with van der Waals surface area (Å²) in [7, 11) is 0. The van der Waals surface area contributed by atoms with E-state index in [0.717, 1.165) is 42.2 Å². The number of nitrogens with zero attached hydrogens (tertiary/aromatic N) is 4. The Morgan fingerprint density at radius 3 is 2.84 bits per heavy atom. The van der Waals surface area contributed by atoms with Gasteiger partial charge in [0.05, 0.1) is 24.6 Å². The molecular weight excluding hydrogens is 398 g/mol. The molecule has 9 nitrogen and oxygen atoms in total. The predicted octanol–water partition coefficient (Wildman–Crippen LogP) is 2.93. The van der Waals surface area contributed by atoms with Gasteiger partial charge in [0.25, 0.3) is 5.91 Å². The molecule has 0 bridgehead atoms. The standard InChI is InChI=1S/C22H23N5O4/c1-22(2)11-14-9-16(18(10-19(14)31-22)27-5-7-29-8-6-27)25-20(28)17-12-30-21(26-17)15-3-4-23-13-24-15/h3-4,9-10,12-13H,5-8,11H2,1-2H3,(H,25,28). The van der Waals surface area contributed by atoms with Crippen LogP contribution in [-0.2, 0) is 11.2 Å². The van der Waals surface area contributed by atoms with Crippen LogP contribution in [0.15, 0.2) is 41.4 Å². The first-order valence-corrected chi connectivity index (χ1v) is 10.2. The van der Waals surface area contributed by atoms with E-state index in [1.807, 2.05) is 12.1 Å². The number of morpholine rings is 1. The Bertz CT molecular complexity index is 1110. The van der Waals surface area contributed by atoms with Crippen molar-refractivity contribution in [3.63, 3.8) is 0 Å². The van der Waals surface area contributed by atoms with Gasteiger partial charge in [-0.1, -0.05) is 0 Å². The quantitative estimate of drug-likeness (QED) is 0.686. The summed E-state index contributed by atoms with van der Waals surface area (Å²) < 4.78 is 17.0. The lowest BCUT2D eigenvalue weighted by Gasteiger charge is -2.31. The van der Waals surface area contributed by atoms with E-state index >= 15 is 0 Å². The van der Waals surface area contributed by atoms with Crippen LogP contribution in [0.4, 0.5) is 11.4 Å². The van der Waals surface area contributed by atoms with Crippen LogP contribution in [0.3, 0.4) is 0 Å². The van der Waals surface area contributed by atoms with Crippen molar-refractivity contribution in [3.05, 3.63) is 48.2 Å². The fourth-order valence-corrected chi connectivity index (χ4v) is 3.90. The van der Waals surface area contributed by atoms with Gasteiger partial charge in [-0.2, -0.15) is 0 Å². The number of nitrogens with one attached hydrogen (secondary N) is 1. The number of benzene rings is 1. The minimum atomic E-state index is -0.350. The van der Waals surface area contributed by atoms with Crippen LogP contribution in [0, 0.1) is 0 Å². The number of rotatable bonds is 4. The molecule has 4 heterocycles. The summed E-state index contributed by atoms with van der Waals surface area (Å²) in [5.41, 5.74) is 3.12. The van der Waals surface area contributed by atoms with Gasteiger partial charge in [-0.05, 0) is 26.0 Å². The number of carbonyl (C=O) groups excluding carboxylic acids is 1. The molecule has 9 heteroatoms. The first-order chi connectivity index (χ1) is 15.0. The Hall–Kier alpha value is -3.46. The molecule has 3 aromatic rings. The Kier molecular flexibility index (Phi) is 4.82. The summed E-state index contributed by atoms with van der Waals surface area (Å²) in [6.07, 6.45) is 5.11. The minimum Gasteiger partial charge on any atom is -0.487 e. The summed E-state index contributed by atoms with van der Waals surface area (Å²) >= 11 is 0. The third-order valence-corrected chi connectivity index (χ3v) is 5.32. The van der Waals surface area contributed by atoms with E-state index in [-0.39, 0.29) is 23.1 Å². The second-order valence-corrected chi connectivity index (χ2v) is 8.20. The molecule has 1 amide bonds. The van der Waals surface area contributed by atoms with E-state index in [9.17, 15) is 4.79 Å². The molecule has 1 aromatic carbocycles. The number of carbonyl (C=O) groups is 1. The highest BCUT2D eigenvalue weighted by atomic mass is 16.5. The van der Waals surface area contributed by atoms with Gasteiger partial charge in [-0.15, -0.1) is 0 Å². The third-order valence-electron chi connectivity index (χ3n) is 5.32. The van der Waals surface area contributed by atoms with E-state index < -0.39 is 0 Å². The van der Waals surface area contributed by atoms with Crippen LogP contribution < -0.4 is 15.0 Å². The van der Waals surface area contributed by atoms with Crippen LogP contribution in [-0.4, -0.2) is 52.8 Å². The van der Waals surface area contributed by atoms with Crippen LogP contribution in [0.25, 0.3) is 11.6 Å². The molecule has 5 rings (SSSR count). The van der Waals surface area contributed by atoms with E-state index in [4.69, 9.17) is 13.9 Å². The molecule has 0 aliphatic carbocycles. The number of amides is 1. The highest BCUT2D eigenvalue weighted by Crippen LogP contribution is 2.42. The van der Waals surface area contributed by atoms with Gasteiger partial charge in [0.15, 0.2) is 5.69 Å². The summed E-state index contributed by atoms with van der Waals surface area (Å²) in [5.74, 6) is 0.777. The molecule has 160 valence electrons. The molecule has 0 atom stereocenters. The maximum absolute atomic E-state index is 13.0. The first-order valence-electron chi connectivity index (χ1n) is 10.2.